The summed E-state index contributed by atoms with van der Waals surface area (Å²) in [6, 6.07) is 6.65. The summed E-state index contributed by atoms with van der Waals surface area (Å²) in [6.45, 7) is 5.08. The van der Waals surface area contributed by atoms with Gasteiger partial charge in [-0.2, -0.15) is 0 Å². The predicted octanol–water partition coefficient (Wildman–Crippen LogP) is 3.03. The van der Waals surface area contributed by atoms with Crippen LogP contribution >= 0.6 is 15.9 Å². The first-order chi connectivity index (χ1) is 8.63. The van der Waals surface area contributed by atoms with Gasteiger partial charge in [-0.3, -0.25) is 0 Å². The van der Waals surface area contributed by atoms with Gasteiger partial charge in [0.1, 0.15) is 0 Å². The van der Waals surface area contributed by atoms with E-state index >= 15 is 0 Å². The molecular formula is C15H20BrNO. The third-order valence-electron chi connectivity index (χ3n) is 4.80. The highest BCUT2D eigenvalue weighted by Gasteiger charge is 2.63. The monoisotopic (exact) mass is 309 g/mol. The van der Waals surface area contributed by atoms with Crippen molar-refractivity contribution in [3.8, 4) is 0 Å². The lowest BCUT2D eigenvalue weighted by atomic mass is 9.65. The fourth-order valence-corrected chi connectivity index (χ4v) is 3.84. The molecule has 3 heteroatoms. The van der Waals surface area contributed by atoms with E-state index in [-0.39, 0.29) is 5.41 Å². The average molecular weight is 310 g/mol. The van der Waals surface area contributed by atoms with Crippen LogP contribution in [0.4, 0.5) is 0 Å². The lowest BCUT2D eigenvalue weighted by molar-refractivity contribution is -0.0989. The van der Waals surface area contributed by atoms with Crippen LogP contribution in [-0.2, 0) is 10.2 Å². The van der Waals surface area contributed by atoms with E-state index in [1.807, 2.05) is 0 Å². The summed E-state index contributed by atoms with van der Waals surface area (Å²) in [5.74, 6) is 0. The molecule has 0 amide bonds. The standard InChI is InChI=1S/C15H20BrNO/c1-11-3-4-12(16)7-13(11)15(9-18-10-15)14(5-6-14)8-17-2/h3-4,7,17H,5-6,8-10H2,1-2H3. The number of hydrogen-bond donors (Lipinski definition) is 1. The van der Waals surface area contributed by atoms with Gasteiger partial charge < -0.3 is 10.1 Å². The van der Waals surface area contributed by atoms with Crippen molar-refractivity contribution < 1.29 is 4.74 Å². The molecule has 3 rings (SSSR count). The van der Waals surface area contributed by atoms with Crippen LogP contribution in [0.3, 0.4) is 0 Å². The Labute approximate surface area is 117 Å². The van der Waals surface area contributed by atoms with Gasteiger partial charge in [-0.25, -0.2) is 0 Å². The number of benzene rings is 1. The third-order valence-corrected chi connectivity index (χ3v) is 5.29. The molecule has 0 bridgehead atoms. The number of halogens is 1. The summed E-state index contributed by atoms with van der Waals surface area (Å²) in [4.78, 5) is 0. The maximum atomic E-state index is 5.62. The van der Waals surface area contributed by atoms with E-state index in [1.165, 1.54) is 28.4 Å². The highest BCUT2D eigenvalue weighted by atomic mass is 79.9. The molecule has 1 saturated carbocycles. The van der Waals surface area contributed by atoms with Crippen LogP contribution in [0.15, 0.2) is 22.7 Å². The molecule has 18 heavy (non-hydrogen) atoms. The number of nitrogens with one attached hydrogen (secondary N) is 1. The van der Waals surface area contributed by atoms with Crippen molar-refractivity contribution in [3.05, 3.63) is 33.8 Å². The molecule has 2 nitrogen and oxygen atoms in total. The third kappa shape index (κ3) is 1.68. The minimum atomic E-state index is 0.240. The second-order valence-corrected chi connectivity index (χ2v) is 6.76. The zero-order valence-corrected chi connectivity index (χ0v) is 12.6. The largest absolute Gasteiger partial charge is 0.379 e. The number of ether oxygens (including phenoxy) is 1. The Morgan fingerprint density at radius 3 is 2.56 bits per heavy atom. The van der Waals surface area contributed by atoms with Crippen LogP contribution in [0, 0.1) is 12.3 Å². The van der Waals surface area contributed by atoms with Crippen molar-refractivity contribution in [2.75, 3.05) is 26.8 Å². The summed E-state index contributed by atoms with van der Waals surface area (Å²) in [7, 11) is 2.06. The Bertz CT molecular complexity index is 464. The van der Waals surface area contributed by atoms with E-state index in [0.29, 0.717) is 5.41 Å². The van der Waals surface area contributed by atoms with Gasteiger partial charge in [0.2, 0.25) is 0 Å². The van der Waals surface area contributed by atoms with Crippen molar-refractivity contribution >= 4 is 15.9 Å². The van der Waals surface area contributed by atoms with E-state index in [9.17, 15) is 0 Å². The molecule has 0 radical (unpaired) electrons. The lowest BCUT2D eigenvalue weighted by Gasteiger charge is -2.49. The van der Waals surface area contributed by atoms with Crippen LogP contribution in [0.5, 0.6) is 0 Å². The van der Waals surface area contributed by atoms with Crippen molar-refractivity contribution in [3.63, 3.8) is 0 Å². The normalized spacial score (nSPS) is 23.5. The molecule has 0 atom stereocenters. The Hall–Kier alpha value is -0.380. The molecule has 1 heterocycles. The zero-order chi connectivity index (χ0) is 12.8. The molecule has 1 aromatic rings. The van der Waals surface area contributed by atoms with Gasteiger partial charge in [-0.15, -0.1) is 0 Å². The molecule has 1 N–H and O–H groups in total. The van der Waals surface area contributed by atoms with Crippen molar-refractivity contribution in [2.24, 2.45) is 5.41 Å². The molecule has 1 aromatic carbocycles. The fraction of sp³-hybridized carbons (Fsp3) is 0.600. The highest BCUT2D eigenvalue weighted by molar-refractivity contribution is 9.10. The molecule has 1 aliphatic carbocycles. The van der Waals surface area contributed by atoms with E-state index < -0.39 is 0 Å². The van der Waals surface area contributed by atoms with Crippen molar-refractivity contribution in [1.82, 2.24) is 5.32 Å². The second kappa shape index (κ2) is 4.32. The van der Waals surface area contributed by atoms with Gasteiger partial charge in [-0.05, 0) is 55.5 Å². The molecule has 1 saturated heterocycles. The first kappa shape index (κ1) is 12.6. The predicted molar refractivity (Wildman–Crippen MR) is 77.0 cm³/mol. The van der Waals surface area contributed by atoms with Crippen LogP contribution in [0.2, 0.25) is 0 Å². The number of aryl methyl sites for hydroxylation is 1. The van der Waals surface area contributed by atoms with Gasteiger partial charge in [-0.1, -0.05) is 22.0 Å². The quantitative estimate of drug-likeness (QED) is 0.923. The molecule has 1 aliphatic heterocycles. The Morgan fingerprint density at radius 2 is 2.06 bits per heavy atom. The molecule has 0 aromatic heterocycles. The van der Waals surface area contributed by atoms with Crippen LogP contribution in [-0.4, -0.2) is 26.8 Å². The van der Waals surface area contributed by atoms with Gasteiger partial charge in [0.05, 0.1) is 13.2 Å². The van der Waals surface area contributed by atoms with Gasteiger partial charge in [0.15, 0.2) is 0 Å². The Morgan fingerprint density at radius 1 is 1.33 bits per heavy atom. The van der Waals surface area contributed by atoms with Gasteiger partial charge in [0, 0.05) is 16.4 Å². The molecule has 2 fully saturated rings. The number of hydrogen-bond acceptors (Lipinski definition) is 2. The first-order valence-corrected chi connectivity index (χ1v) is 7.42. The van der Waals surface area contributed by atoms with Gasteiger partial charge in [0.25, 0.3) is 0 Å². The summed E-state index contributed by atoms with van der Waals surface area (Å²) < 4.78 is 6.79. The molecule has 0 spiro atoms. The Balaban J connectivity index is 2.04. The minimum Gasteiger partial charge on any atom is -0.379 e. The van der Waals surface area contributed by atoms with Crippen molar-refractivity contribution in [1.29, 1.82) is 0 Å². The van der Waals surface area contributed by atoms with E-state index in [0.717, 1.165) is 19.8 Å². The summed E-state index contributed by atoms with van der Waals surface area (Å²) in [6.07, 6.45) is 2.65. The fourth-order valence-electron chi connectivity index (χ4n) is 3.48. The van der Waals surface area contributed by atoms with Gasteiger partial charge >= 0.3 is 0 Å². The highest BCUT2D eigenvalue weighted by Crippen LogP contribution is 2.62. The summed E-state index contributed by atoms with van der Waals surface area (Å²) >= 11 is 3.61. The number of rotatable bonds is 4. The first-order valence-electron chi connectivity index (χ1n) is 6.63. The molecule has 0 unspecified atom stereocenters. The smallest absolute Gasteiger partial charge is 0.0591 e. The average Bonchev–Trinajstić information content (AvgIpc) is 3.03. The van der Waals surface area contributed by atoms with E-state index in [2.05, 4.69) is 53.4 Å². The zero-order valence-electron chi connectivity index (χ0n) is 11.1. The van der Waals surface area contributed by atoms with Crippen LogP contribution in [0.1, 0.15) is 24.0 Å². The van der Waals surface area contributed by atoms with Crippen LogP contribution in [0.25, 0.3) is 0 Å². The van der Waals surface area contributed by atoms with Crippen LogP contribution < -0.4 is 5.32 Å². The maximum Gasteiger partial charge on any atom is 0.0591 e. The van der Waals surface area contributed by atoms with Crippen molar-refractivity contribution in [2.45, 2.75) is 25.2 Å². The molecule has 2 aliphatic rings. The lowest BCUT2D eigenvalue weighted by Crippen LogP contribution is -2.56. The topological polar surface area (TPSA) is 21.3 Å². The minimum absolute atomic E-state index is 0.240. The molecule has 98 valence electrons. The maximum absolute atomic E-state index is 5.62. The second-order valence-electron chi connectivity index (χ2n) is 5.84. The summed E-state index contributed by atoms with van der Waals surface area (Å²) in [5.41, 5.74) is 3.54. The summed E-state index contributed by atoms with van der Waals surface area (Å²) in [5, 5.41) is 3.38. The van der Waals surface area contributed by atoms with E-state index in [4.69, 9.17) is 4.74 Å². The van der Waals surface area contributed by atoms with E-state index in [1.54, 1.807) is 0 Å². The Kier molecular flexibility index (Phi) is 3.04. The SMILES string of the molecule is CNCC1(C2(c3cc(Br)ccc3C)COC2)CC1. The molecular weight excluding hydrogens is 290 g/mol.